The van der Waals surface area contributed by atoms with E-state index in [1.54, 1.807) is 0 Å². The number of aliphatic hydroxyl groups is 5. The van der Waals surface area contributed by atoms with Crippen LogP contribution in [0.1, 0.15) is 401 Å². The first kappa shape index (κ1) is 95.5. The molecule has 12 nitrogen and oxygen atoms in total. The lowest BCUT2D eigenvalue weighted by molar-refractivity contribution is 0.0271. The molecule has 0 saturated carbocycles. The molecule has 0 spiro atoms. The Morgan fingerprint density at radius 2 is 0.439 bits per heavy atom. The first-order valence-corrected chi connectivity index (χ1v) is 44.3. The highest BCUT2D eigenvalue weighted by Crippen LogP contribution is 2.20. The van der Waals surface area contributed by atoms with Crippen LogP contribution >= 0.6 is 0 Å². The van der Waals surface area contributed by atoms with Crippen LogP contribution in [-0.2, 0) is 9.47 Å². The molecule has 0 bridgehead atoms. The third kappa shape index (κ3) is 67.4. The lowest BCUT2D eigenvalue weighted by atomic mass is 10.0. The number of rotatable bonds is 82. The molecule has 0 aliphatic carbocycles. The van der Waals surface area contributed by atoms with Gasteiger partial charge in [-0.3, -0.25) is 24.5 Å². The molecule has 0 amide bonds. The van der Waals surface area contributed by atoms with Gasteiger partial charge < -0.3 is 35.0 Å². The zero-order valence-corrected chi connectivity index (χ0v) is 66.9. The maximum absolute atomic E-state index is 11.5. The third-order valence-electron chi connectivity index (χ3n) is 21.8. The Morgan fingerprint density at radius 1 is 0.224 bits per heavy atom. The van der Waals surface area contributed by atoms with Crippen molar-refractivity contribution in [2.75, 3.05) is 125 Å². The van der Waals surface area contributed by atoms with Gasteiger partial charge >= 0.3 is 0 Å². The molecule has 0 radical (unpaired) electrons. The van der Waals surface area contributed by atoms with E-state index in [-0.39, 0.29) is 18.3 Å². The van der Waals surface area contributed by atoms with Gasteiger partial charge in [0.1, 0.15) is 0 Å². The highest BCUT2D eigenvalue weighted by molar-refractivity contribution is 4.76. The van der Waals surface area contributed by atoms with Crippen molar-refractivity contribution in [2.45, 2.75) is 431 Å². The molecule has 0 aromatic heterocycles. The highest BCUT2D eigenvalue weighted by Gasteiger charge is 2.21. The van der Waals surface area contributed by atoms with Crippen LogP contribution in [-0.4, -0.2) is 205 Å². The van der Waals surface area contributed by atoms with Crippen molar-refractivity contribution in [1.29, 1.82) is 0 Å². The largest absolute Gasteiger partial charge is 0.393 e. The van der Waals surface area contributed by atoms with E-state index in [0.29, 0.717) is 59.2 Å². The molecule has 98 heavy (non-hydrogen) atoms. The van der Waals surface area contributed by atoms with Crippen molar-refractivity contribution < 1.29 is 35.0 Å². The average Bonchev–Trinajstić information content (AvgIpc) is 1.07. The minimum atomic E-state index is -0.390. The minimum absolute atomic E-state index is 0.281. The first-order chi connectivity index (χ1) is 48.1. The molecular weight excluding hydrogens is 1210 g/mol. The van der Waals surface area contributed by atoms with Gasteiger partial charge in [-0.1, -0.05) is 362 Å². The maximum Gasteiger partial charge on any atom is 0.0667 e. The van der Waals surface area contributed by atoms with Crippen LogP contribution in [0.15, 0.2) is 0 Å². The van der Waals surface area contributed by atoms with Crippen molar-refractivity contribution in [3.8, 4) is 0 Å². The third-order valence-corrected chi connectivity index (χ3v) is 21.8. The zero-order valence-electron chi connectivity index (χ0n) is 66.9. The van der Waals surface area contributed by atoms with Gasteiger partial charge in [0.05, 0.1) is 56.9 Å². The molecule has 1 aliphatic rings. The summed E-state index contributed by atoms with van der Waals surface area (Å²) >= 11 is 0. The zero-order chi connectivity index (χ0) is 70.9. The van der Waals surface area contributed by atoms with Crippen molar-refractivity contribution in [2.24, 2.45) is 0 Å². The predicted octanol–water partition coefficient (Wildman–Crippen LogP) is 20.7. The molecule has 5 atom stereocenters. The van der Waals surface area contributed by atoms with Crippen molar-refractivity contribution >= 4 is 0 Å². The van der Waals surface area contributed by atoms with Gasteiger partial charge in [-0.05, 0) is 38.5 Å². The molecule has 588 valence electrons. The Hall–Kier alpha value is -0.480. The van der Waals surface area contributed by atoms with Crippen molar-refractivity contribution in [3.63, 3.8) is 0 Å². The number of piperazine rings is 1. The van der Waals surface area contributed by atoms with Crippen LogP contribution in [0.3, 0.4) is 0 Å². The smallest absolute Gasteiger partial charge is 0.0667 e. The standard InChI is InChI=1S/C86H177N5O7/c1-6-11-16-21-26-31-36-41-42-47-52-57-82(92)62-63-89(78-83(93)58-53-48-43-37-32-27-22-17-12-7-2)71-75-97-74-70-88-66-64-87(65-67-88)68-69-90(79-84(94)59-54-49-44-38-33-28-23-18-13-8-3)72-76-98-77-73-91(80-85(95)60-55-50-45-39-34-29-24-19-14-9-4)81-86(96)61-56-51-46-40-35-30-25-20-15-10-5/h82-86,92-96H,6-81H2,1-5H3. The fourth-order valence-corrected chi connectivity index (χ4v) is 14.9. The summed E-state index contributed by atoms with van der Waals surface area (Å²) in [6.07, 6.45) is 69.7. The van der Waals surface area contributed by atoms with Crippen LogP contribution in [0.25, 0.3) is 0 Å². The van der Waals surface area contributed by atoms with Gasteiger partial charge in [0.15, 0.2) is 0 Å². The number of unbranched alkanes of at least 4 members (excludes halogenated alkanes) is 46. The van der Waals surface area contributed by atoms with E-state index in [1.165, 1.54) is 295 Å². The molecule has 1 saturated heterocycles. The van der Waals surface area contributed by atoms with Gasteiger partial charge in [0, 0.05) is 98.2 Å². The fraction of sp³-hybridized carbons (Fsp3) is 1.00. The second kappa shape index (κ2) is 76.2. The average molecular weight is 1390 g/mol. The summed E-state index contributed by atoms with van der Waals surface area (Å²) in [4.78, 5) is 12.2. The number of hydrogen-bond acceptors (Lipinski definition) is 12. The molecule has 12 heteroatoms. The maximum atomic E-state index is 11.5. The van der Waals surface area contributed by atoms with Crippen molar-refractivity contribution in [1.82, 2.24) is 24.5 Å². The molecule has 1 heterocycles. The molecular formula is C86H177N5O7. The minimum Gasteiger partial charge on any atom is -0.393 e. The molecule has 0 aromatic carbocycles. The summed E-state index contributed by atoms with van der Waals surface area (Å²) in [5.41, 5.74) is 0. The Labute approximate surface area is 612 Å². The lowest BCUT2D eigenvalue weighted by Gasteiger charge is -2.36. The predicted molar refractivity (Wildman–Crippen MR) is 425 cm³/mol. The van der Waals surface area contributed by atoms with Gasteiger partial charge in [-0.15, -0.1) is 0 Å². The monoisotopic (exact) mass is 1390 g/mol. The Kier molecular flexibility index (Phi) is 74.3. The van der Waals surface area contributed by atoms with Crippen molar-refractivity contribution in [3.05, 3.63) is 0 Å². The van der Waals surface area contributed by atoms with Gasteiger partial charge in [-0.25, -0.2) is 0 Å². The summed E-state index contributed by atoms with van der Waals surface area (Å²) in [6.45, 7) is 26.5. The van der Waals surface area contributed by atoms with E-state index >= 15 is 0 Å². The van der Waals surface area contributed by atoms with Crippen LogP contribution in [0.5, 0.6) is 0 Å². The summed E-state index contributed by atoms with van der Waals surface area (Å²) in [7, 11) is 0. The number of aliphatic hydroxyl groups excluding tert-OH is 5. The summed E-state index contributed by atoms with van der Waals surface area (Å²) in [5, 5.41) is 56.4. The Morgan fingerprint density at radius 3 is 0.724 bits per heavy atom. The normalized spacial score (nSPS) is 15.0. The topological polar surface area (TPSA) is 136 Å². The van der Waals surface area contributed by atoms with E-state index in [0.717, 1.165) is 136 Å². The second-order valence-corrected chi connectivity index (χ2v) is 31.5. The summed E-state index contributed by atoms with van der Waals surface area (Å²) in [6, 6.07) is 0. The van der Waals surface area contributed by atoms with Gasteiger partial charge in [-0.2, -0.15) is 0 Å². The number of hydrogen-bond donors (Lipinski definition) is 5. The molecule has 5 unspecified atom stereocenters. The van der Waals surface area contributed by atoms with E-state index in [9.17, 15) is 25.5 Å². The number of ether oxygens (including phenoxy) is 2. The van der Waals surface area contributed by atoms with E-state index in [4.69, 9.17) is 9.47 Å². The molecule has 1 fully saturated rings. The summed E-state index contributed by atoms with van der Waals surface area (Å²) in [5.74, 6) is 0. The van der Waals surface area contributed by atoms with E-state index in [1.807, 2.05) is 0 Å². The molecule has 0 aromatic rings. The first-order valence-electron chi connectivity index (χ1n) is 44.3. The quantitative estimate of drug-likeness (QED) is 0.0371. The van der Waals surface area contributed by atoms with Crippen LogP contribution in [0.4, 0.5) is 0 Å². The van der Waals surface area contributed by atoms with Crippen LogP contribution in [0, 0.1) is 0 Å². The molecule has 5 N–H and O–H groups in total. The van der Waals surface area contributed by atoms with Crippen LogP contribution in [0.2, 0.25) is 0 Å². The number of nitrogens with zero attached hydrogens (tertiary/aromatic N) is 5. The molecule has 1 rings (SSSR count). The van der Waals surface area contributed by atoms with E-state index in [2.05, 4.69) is 59.1 Å². The summed E-state index contributed by atoms with van der Waals surface area (Å²) < 4.78 is 12.8. The lowest BCUT2D eigenvalue weighted by Crippen LogP contribution is -2.49. The Bertz CT molecular complexity index is 1480. The van der Waals surface area contributed by atoms with Gasteiger partial charge in [0.2, 0.25) is 0 Å². The Balaban J connectivity index is 2.78. The van der Waals surface area contributed by atoms with Gasteiger partial charge in [0.25, 0.3) is 0 Å². The van der Waals surface area contributed by atoms with E-state index < -0.39 is 12.2 Å². The fourth-order valence-electron chi connectivity index (χ4n) is 14.9. The SMILES string of the molecule is CCCCCCCCCCCCCC(O)CCN(CCOCCN1CCN(CCN(CCOCCN(CC(O)CCCCCCCCCCCC)CC(O)CCCCCCCCCCCC)CC(O)CCCCCCCCCCCC)CC1)CC(O)CCCCCCCCCCCC. The highest BCUT2D eigenvalue weighted by atomic mass is 16.5. The van der Waals surface area contributed by atoms with Crippen LogP contribution < -0.4 is 0 Å². The molecule has 1 aliphatic heterocycles. The second-order valence-electron chi connectivity index (χ2n) is 31.5.